The summed E-state index contributed by atoms with van der Waals surface area (Å²) in [4.78, 5) is 26.7. The molecule has 4 nitrogen and oxygen atoms in total. The summed E-state index contributed by atoms with van der Waals surface area (Å²) < 4.78 is 0. The van der Waals surface area contributed by atoms with Crippen LogP contribution in [0, 0.1) is 26.7 Å². The predicted octanol–water partition coefficient (Wildman–Crippen LogP) is 3.93. The number of amides is 2. The van der Waals surface area contributed by atoms with E-state index in [1.165, 1.54) is 0 Å². The fourth-order valence-electron chi connectivity index (χ4n) is 3.50. The fraction of sp³-hybridized carbons (Fsp3) is 0.333. The molecule has 5 heteroatoms. The molecule has 1 unspecified atom stereocenters. The molecule has 0 aliphatic carbocycles. The SMILES string of the molecule is Cc1cccc(CNC(=O)C2CC(=O)N(c3c(C)cc(C)cc3Cl)C2)c1. The van der Waals surface area contributed by atoms with E-state index in [9.17, 15) is 9.59 Å². The minimum Gasteiger partial charge on any atom is -0.352 e. The normalized spacial score (nSPS) is 16.8. The molecule has 0 saturated carbocycles. The molecule has 0 bridgehead atoms. The summed E-state index contributed by atoms with van der Waals surface area (Å²) >= 11 is 6.37. The van der Waals surface area contributed by atoms with E-state index in [0.717, 1.165) is 27.9 Å². The largest absolute Gasteiger partial charge is 0.352 e. The van der Waals surface area contributed by atoms with Gasteiger partial charge < -0.3 is 10.2 Å². The van der Waals surface area contributed by atoms with Crippen molar-refractivity contribution in [3.63, 3.8) is 0 Å². The van der Waals surface area contributed by atoms with E-state index in [4.69, 9.17) is 11.6 Å². The molecule has 136 valence electrons. The van der Waals surface area contributed by atoms with E-state index in [0.29, 0.717) is 18.1 Å². The number of aryl methyl sites for hydroxylation is 3. The molecular formula is C21H23ClN2O2. The maximum atomic E-state index is 12.5. The Bertz CT molecular complexity index is 840. The van der Waals surface area contributed by atoms with Gasteiger partial charge in [0.15, 0.2) is 0 Å². The highest BCUT2D eigenvalue weighted by molar-refractivity contribution is 6.34. The van der Waals surface area contributed by atoms with Crippen LogP contribution < -0.4 is 10.2 Å². The number of benzene rings is 2. The van der Waals surface area contributed by atoms with Crippen LogP contribution in [0.4, 0.5) is 5.69 Å². The number of nitrogens with zero attached hydrogens (tertiary/aromatic N) is 1. The molecule has 1 fully saturated rings. The quantitative estimate of drug-likeness (QED) is 0.886. The number of nitrogens with one attached hydrogen (secondary N) is 1. The van der Waals surface area contributed by atoms with E-state index >= 15 is 0 Å². The summed E-state index contributed by atoms with van der Waals surface area (Å²) in [6, 6.07) is 11.9. The molecule has 0 radical (unpaired) electrons. The Morgan fingerprint density at radius 2 is 1.96 bits per heavy atom. The number of hydrogen-bond donors (Lipinski definition) is 1. The third-order valence-corrected chi connectivity index (χ3v) is 5.00. The van der Waals surface area contributed by atoms with E-state index < -0.39 is 0 Å². The standard InChI is InChI=1S/C21H23ClN2O2/c1-13-5-4-6-16(8-13)11-23-21(26)17-10-19(25)24(12-17)20-15(3)7-14(2)9-18(20)22/h4-9,17H,10-12H2,1-3H3,(H,23,26). The molecule has 1 saturated heterocycles. The van der Waals surface area contributed by atoms with Gasteiger partial charge in [0.2, 0.25) is 11.8 Å². The first-order chi connectivity index (χ1) is 12.3. The van der Waals surface area contributed by atoms with Crippen LogP contribution in [0.2, 0.25) is 5.02 Å². The number of hydrogen-bond acceptors (Lipinski definition) is 2. The molecule has 0 spiro atoms. The van der Waals surface area contributed by atoms with Crippen LogP contribution in [0.1, 0.15) is 28.7 Å². The van der Waals surface area contributed by atoms with Crippen LogP contribution in [0.15, 0.2) is 36.4 Å². The second-order valence-electron chi connectivity index (χ2n) is 7.02. The molecule has 1 aliphatic heterocycles. The molecule has 1 N–H and O–H groups in total. The van der Waals surface area contributed by atoms with Gasteiger partial charge in [-0.1, -0.05) is 47.5 Å². The zero-order valence-electron chi connectivity index (χ0n) is 15.3. The Morgan fingerprint density at radius 1 is 1.19 bits per heavy atom. The fourth-order valence-corrected chi connectivity index (χ4v) is 3.93. The second kappa shape index (κ2) is 7.50. The zero-order chi connectivity index (χ0) is 18.8. The van der Waals surface area contributed by atoms with Crippen molar-refractivity contribution in [2.75, 3.05) is 11.4 Å². The van der Waals surface area contributed by atoms with Gasteiger partial charge in [0.1, 0.15) is 0 Å². The van der Waals surface area contributed by atoms with Crippen LogP contribution >= 0.6 is 11.6 Å². The lowest BCUT2D eigenvalue weighted by atomic mass is 10.1. The van der Waals surface area contributed by atoms with Gasteiger partial charge in [0.05, 0.1) is 16.6 Å². The molecule has 0 aromatic heterocycles. The lowest BCUT2D eigenvalue weighted by molar-refractivity contribution is -0.126. The van der Waals surface area contributed by atoms with Crippen molar-refractivity contribution >= 4 is 29.1 Å². The summed E-state index contributed by atoms with van der Waals surface area (Å²) in [5.41, 5.74) is 4.93. The Labute approximate surface area is 159 Å². The summed E-state index contributed by atoms with van der Waals surface area (Å²) in [6.45, 7) is 6.76. The van der Waals surface area contributed by atoms with Crippen LogP contribution in [-0.4, -0.2) is 18.4 Å². The lowest BCUT2D eigenvalue weighted by Gasteiger charge is -2.21. The first-order valence-electron chi connectivity index (χ1n) is 8.75. The van der Waals surface area contributed by atoms with Crippen LogP contribution in [0.3, 0.4) is 0 Å². The Kier molecular flexibility index (Phi) is 5.33. The summed E-state index contributed by atoms with van der Waals surface area (Å²) in [6.07, 6.45) is 0.212. The summed E-state index contributed by atoms with van der Waals surface area (Å²) in [7, 11) is 0. The Balaban J connectivity index is 1.68. The van der Waals surface area contributed by atoms with Gasteiger partial charge in [-0.2, -0.15) is 0 Å². The van der Waals surface area contributed by atoms with Crippen molar-refractivity contribution in [2.45, 2.75) is 33.7 Å². The third kappa shape index (κ3) is 3.91. The molecule has 26 heavy (non-hydrogen) atoms. The average molecular weight is 371 g/mol. The van der Waals surface area contributed by atoms with E-state index in [1.807, 2.05) is 57.2 Å². The highest BCUT2D eigenvalue weighted by Crippen LogP contribution is 2.35. The molecule has 1 atom stereocenters. The van der Waals surface area contributed by atoms with Crippen LogP contribution in [0.25, 0.3) is 0 Å². The highest BCUT2D eigenvalue weighted by Gasteiger charge is 2.36. The van der Waals surface area contributed by atoms with Gasteiger partial charge in [-0.3, -0.25) is 9.59 Å². The average Bonchev–Trinajstić information content (AvgIpc) is 2.93. The van der Waals surface area contributed by atoms with E-state index in [2.05, 4.69) is 5.32 Å². The van der Waals surface area contributed by atoms with Gasteiger partial charge in [-0.05, 0) is 43.5 Å². The van der Waals surface area contributed by atoms with Gasteiger partial charge >= 0.3 is 0 Å². The van der Waals surface area contributed by atoms with Crippen molar-refractivity contribution in [1.82, 2.24) is 5.32 Å². The lowest BCUT2D eigenvalue weighted by Crippen LogP contribution is -2.32. The number of carbonyl (C=O) groups is 2. The van der Waals surface area contributed by atoms with Crippen molar-refractivity contribution in [2.24, 2.45) is 5.92 Å². The minimum atomic E-state index is -0.357. The second-order valence-corrected chi connectivity index (χ2v) is 7.43. The molecular weight excluding hydrogens is 348 g/mol. The minimum absolute atomic E-state index is 0.0606. The molecule has 2 amide bonds. The van der Waals surface area contributed by atoms with E-state index in [-0.39, 0.29) is 24.2 Å². The van der Waals surface area contributed by atoms with Crippen molar-refractivity contribution in [1.29, 1.82) is 0 Å². The van der Waals surface area contributed by atoms with Crippen molar-refractivity contribution in [3.05, 3.63) is 63.7 Å². The monoisotopic (exact) mass is 370 g/mol. The molecule has 2 aromatic carbocycles. The smallest absolute Gasteiger partial charge is 0.227 e. The van der Waals surface area contributed by atoms with Crippen LogP contribution in [-0.2, 0) is 16.1 Å². The zero-order valence-corrected chi connectivity index (χ0v) is 16.1. The summed E-state index contributed by atoms with van der Waals surface area (Å²) in [5, 5.41) is 3.50. The van der Waals surface area contributed by atoms with E-state index in [1.54, 1.807) is 4.90 Å². The maximum absolute atomic E-state index is 12.5. The first-order valence-corrected chi connectivity index (χ1v) is 9.13. The predicted molar refractivity (Wildman–Crippen MR) is 104 cm³/mol. The first kappa shape index (κ1) is 18.5. The van der Waals surface area contributed by atoms with Crippen LogP contribution in [0.5, 0.6) is 0 Å². The summed E-state index contributed by atoms with van der Waals surface area (Å²) in [5.74, 6) is -0.512. The van der Waals surface area contributed by atoms with Crippen molar-refractivity contribution in [3.8, 4) is 0 Å². The topological polar surface area (TPSA) is 49.4 Å². The number of carbonyl (C=O) groups excluding carboxylic acids is 2. The van der Waals surface area contributed by atoms with Gasteiger partial charge in [-0.15, -0.1) is 0 Å². The number of anilines is 1. The molecule has 2 aromatic rings. The number of rotatable bonds is 4. The molecule has 3 rings (SSSR count). The van der Waals surface area contributed by atoms with Gasteiger partial charge in [0, 0.05) is 19.5 Å². The molecule has 1 heterocycles. The third-order valence-electron chi connectivity index (χ3n) is 4.71. The Hall–Kier alpha value is -2.33. The van der Waals surface area contributed by atoms with Crippen molar-refractivity contribution < 1.29 is 9.59 Å². The molecule has 1 aliphatic rings. The Morgan fingerprint density at radius 3 is 2.65 bits per heavy atom. The number of halogens is 1. The highest BCUT2D eigenvalue weighted by atomic mass is 35.5. The van der Waals surface area contributed by atoms with Gasteiger partial charge in [0.25, 0.3) is 0 Å². The maximum Gasteiger partial charge on any atom is 0.227 e. The van der Waals surface area contributed by atoms with Gasteiger partial charge in [-0.25, -0.2) is 0 Å².